The van der Waals surface area contributed by atoms with Gasteiger partial charge in [-0.05, 0) is 18.2 Å². The number of ether oxygens (including phenoxy) is 1. The van der Waals surface area contributed by atoms with Gasteiger partial charge in [-0.1, -0.05) is 0 Å². The van der Waals surface area contributed by atoms with E-state index in [9.17, 15) is 4.79 Å². The van der Waals surface area contributed by atoms with Crippen molar-refractivity contribution >= 4 is 10.8 Å². The van der Waals surface area contributed by atoms with E-state index in [-0.39, 0.29) is 5.56 Å². The first-order chi connectivity index (χ1) is 6.31. The number of aromatic nitrogens is 2. The summed E-state index contributed by atoms with van der Waals surface area (Å²) >= 11 is 0. The minimum Gasteiger partial charge on any atom is -0.497 e. The van der Waals surface area contributed by atoms with Gasteiger partial charge < -0.3 is 4.74 Å². The molecule has 0 saturated heterocycles. The fourth-order valence-corrected chi connectivity index (χ4v) is 1.19. The van der Waals surface area contributed by atoms with Crippen molar-refractivity contribution in [3.63, 3.8) is 0 Å². The average molecular weight is 176 g/mol. The molecule has 0 unspecified atom stereocenters. The average Bonchev–Trinajstić information content (AvgIpc) is 2.18. The second kappa shape index (κ2) is 2.90. The van der Waals surface area contributed by atoms with E-state index in [0.29, 0.717) is 11.1 Å². The molecular formula is C9H8N2O2. The van der Waals surface area contributed by atoms with E-state index in [4.69, 9.17) is 4.74 Å². The minimum absolute atomic E-state index is 0.198. The summed E-state index contributed by atoms with van der Waals surface area (Å²) in [6.45, 7) is 0. The van der Waals surface area contributed by atoms with Crippen molar-refractivity contribution in [3.8, 4) is 5.75 Å². The molecule has 2 rings (SSSR count). The number of nitrogens with one attached hydrogen (secondary N) is 1. The molecule has 13 heavy (non-hydrogen) atoms. The molecule has 1 heterocycles. The van der Waals surface area contributed by atoms with Gasteiger partial charge in [0, 0.05) is 5.39 Å². The summed E-state index contributed by atoms with van der Waals surface area (Å²) in [5.74, 6) is 0.671. The Morgan fingerprint density at radius 2 is 2.31 bits per heavy atom. The van der Waals surface area contributed by atoms with Crippen LogP contribution >= 0.6 is 0 Å². The third kappa shape index (κ3) is 1.26. The zero-order valence-electron chi connectivity index (χ0n) is 7.07. The maximum Gasteiger partial charge on any atom is 0.272 e. The smallest absolute Gasteiger partial charge is 0.272 e. The van der Waals surface area contributed by atoms with Crippen molar-refractivity contribution < 1.29 is 4.74 Å². The third-order valence-electron chi connectivity index (χ3n) is 1.87. The van der Waals surface area contributed by atoms with E-state index in [1.807, 2.05) is 0 Å². The van der Waals surface area contributed by atoms with Gasteiger partial charge in [-0.2, -0.15) is 5.10 Å². The maximum atomic E-state index is 11.3. The summed E-state index contributed by atoms with van der Waals surface area (Å²) in [7, 11) is 1.57. The van der Waals surface area contributed by atoms with E-state index in [1.54, 1.807) is 31.5 Å². The van der Waals surface area contributed by atoms with Gasteiger partial charge in [0.25, 0.3) is 5.56 Å². The summed E-state index contributed by atoms with van der Waals surface area (Å²) in [6, 6.07) is 5.29. The highest BCUT2D eigenvalue weighted by atomic mass is 16.5. The van der Waals surface area contributed by atoms with Crippen LogP contribution in [0.15, 0.2) is 29.2 Å². The summed E-state index contributed by atoms with van der Waals surface area (Å²) < 4.78 is 5.00. The second-order valence-electron chi connectivity index (χ2n) is 2.65. The summed E-state index contributed by atoms with van der Waals surface area (Å²) in [4.78, 5) is 11.3. The van der Waals surface area contributed by atoms with Crippen molar-refractivity contribution in [3.05, 3.63) is 34.7 Å². The van der Waals surface area contributed by atoms with Crippen molar-refractivity contribution in [2.75, 3.05) is 7.11 Å². The van der Waals surface area contributed by atoms with Gasteiger partial charge in [0.15, 0.2) is 0 Å². The molecule has 0 fully saturated rings. The predicted molar refractivity (Wildman–Crippen MR) is 48.9 cm³/mol. The maximum absolute atomic E-state index is 11.3. The molecular weight excluding hydrogens is 168 g/mol. The normalized spacial score (nSPS) is 10.2. The van der Waals surface area contributed by atoms with Crippen LogP contribution in [0.25, 0.3) is 10.8 Å². The van der Waals surface area contributed by atoms with Crippen LogP contribution in [0.3, 0.4) is 0 Å². The lowest BCUT2D eigenvalue weighted by molar-refractivity contribution is 0.415. The minimum atomic E-state index is -0.198. The fourth-order valence-electron chi connectivity index (χ4n) is 1.19. The molecule has 1 aromatic heterocycles. The molecule has 2 aromatic rings. The molecule has 0 bridgehead atoms. The first-order valence-corrected chi connectivity index (χ1v) is 3.83. The van der Waals surface area contributed by atoms with Crippen molar-refractivity contribution in [1.82, 2.24) is 10.2 Å². The quantitative estimate of drug-likeness (QED) is 0.703. The molecule has 0 radical (unpaired) electrons. The zero-order chi connectivity index (χ0) is 9.26. The topological polar surface area (TPSA) is 55.0 Å². The molecule has 0 saturated carbocycles. The lowest BCUT2D eigenvalue weighted by atomic mass is 10.2. The molecule has 0 aliphatic carbocycles. The van der Waals surface area contributed by atoms with Gasteiger partial charge in [-0.25, -0.2) is 5.10 Å². The van der Waals surface area contributed by atoms with Gasteiger partial charge in [0.05, 0.1) is 18.7 Å². The van der Waals surface area contributed by atoms with Crippen LogP contribution in [0.1, 0.15) is 0 Å². The fraction of sp³-hybridized carbons (Fsp3) is 0.111. The first kappa shape index (κ1) is 7.79. The Kier molecular flexibility index (Phi) is 1.73. The van der Waals surface area contributed by atoms with Crippen LogP contribution in [0, 0.1) is 0 Å². The SMILES string of the molecule is COc1ccc2cn[nH]c(=O)c2c1. The Morgan fingerprint density at radius 3 is 3.08 bits per heavy atom. The van der Waals surface area contributed by atoms with Crippen molar-refractivity contribution in [1.29, 1.82) is 0 Å². The van der Waals surface area contributed by atoms with Crippen LogP contribution in [0.4, 0.5) is 0 Å². The Bertz CT molecular complexity index is 490. The van der Waals surface area contributed by atoms with Crippen LogP contribution < -0.4 is 10.3 Å². The number of hydrogen-bond acceptors (Lipinski definition) is 3. The predicted octanol–water partition coefficient (Wildman–Crippen LogP) is 0.932. The molecule has 0 atom stereocenters. The van der Waals surface area contributed by atoms with Crippen LogP contribution in [0.5, 0.6) is 5.75 Å². The Balaban J connectivity index is 2.82. The van der Waals surface area contributed by atoms with Crippen LogP contribution in [-0.4, -0.2) is 17.3 Å². The van der Waals surface area contributed by atoms with Crippen molar-refractivity contribution in [2.24, 2.45) is 0 Å². The molecule has 66 valence electrons. The number of benzene rings is 1. The lowest BCUT2D eigenvalue weighted by Gasteiger charge is -1.99. The highest BCUT2D eigenvalue weighted by Gasteiger charge is 1.99. The number of hydrogen-bond donors (Lipinski definition) is 1. The van der Waals surface area contributed by atoms with Crippen molar-refractivity contribution in [2.45, 2.75) is 0 Å². The Hall–Kier alpha value is -1.84. The standard InChI is InChI=1S/C9H8N2O2/c1-13-7-3-2-6-5-10-11-9(12)8(6)4-7/h2-5H,1H3,(H,11,12). The molecule has 0 amide bonds. The molecule has 1 N–H and O–H groups in total. The van der Waals surface area contributed by atoms with Gasteiger partial charge >= 0.3 is 0 Å². The van der Waals surface area contributed by atoms with E-state index in [1.165, 1.54) is 0 Å². The van der Waals surface area contributed by atoms with Gasteiger partial charge in [-0.3, -0.25) is 4.79 Å². The number of fused-ring (bicyclic) bond motifs is 1. The molecule has 0 spiro atoms. The molecule has 0 aliphatic rings. The van der Waals surface area contributed by atoms with E-state index >= 15 is 0 Å². The third-order valence-corrected chi connectivity index (χ3v) is 1.87. The molecule has 0 aliphatic heterocycles. The van der Waals surface area contributed by atoms with Gasteiger partial charge in [-0.15, -0.1) is 0 Å². The van der Waals surface area contributed by atoms with E-state index in [2.05, 4.69) is 10.2 Å². The van der Waals surface area contributed by atoms with Crippen LogP contribution in [-0.2, 0) is 0 Å². The summed E-state index contributed by atoms with van der Waals surface area (Å²) in [5.41, 5.74) is -0.198. The molecule has 4 nitrogen and oxygen atoms in total. The van der Waals surface area contributed by atoms with Crippen LogP contribution in [0.2, 0.25) is 0 Å². The number of H-pyrrole nitrogens is 1. The second-order valence-corrected chi connectivity index (χ2v) is 2.65. The number of nitrogens with zero attached hydrogens (tertiary/aromatic N) is 1. The van der Waals surface area contributed by atoms with E-state index in [0.717, 1.165) is 5.39 Å². The largest absolute Gasteiger partial charge is 0.497 e. The summed E-state index contributed by atoms with van der Waals surface area (Å²) in [6.07, 6.45) is 1.61. The number of methoxy groups -OCH3 is 1. The lowest BCUT2D eigenvalue weighted by Crippen LogP contribution is -2.07. The number of rotatable bonds is 1. The molecule has 1 aromatic carbocycles. The highest BCUT2D eigenvalue weighted by Crippen LogP contribution is 2.15. The first-order valence-electron chi connectivity index (χ1n) is 3.83. The highest BCUT2D eigenvalue weighted by molar-refractivity contribution is 5.81. The summed E-state index contributed by atoms with van der Waals surface area (Å²) in [5, 5.41) is 7.46. The molecule has 4 heteroatoms. The number of aromatic amines is 1. The zero-order valence-corrected chi connectivity index (χ0v) is 7.07. The van der Waals surface area contributed by atoms with E-state index < -0.39 is 0 Å². The van der Waals surface area contributed by atoms with Gasteiger partial charge in [0.1, 0.15) is 5.75 Å². The monoisotopic (exact) mass is 176 g/mol. The van der Waals surface area contributed by atoms with Gasteiger partial charge in [0.2, 0.25) is 0 Å². The Labute approximate surface area is 74.2 Å². The Morgan fingerprint density at radius 1 is 1.46 bits per heavy atom.